The molecular formula is C16H20N4O3. The van der Waals surface area contributed by atoms with Gasteiger partial charge in [0, 0.05) is 5.69 Å². The zero-order chi connectivity index (χ0) is 17.0. The van der Waals surface area contributed by atoms with Gasteiger partial charge in [0.05, 0.1) is 4.92 Å². The van der Waals surface area contributed by atoms with Crippen LogP contribution in [0.2, 0.25) is 0 Å². The van der Waals surface area contributed by atoms with Crippen molar-refractivity contribution in [2.75, 3.05) is 5.32 Å². The Hall–Kier alpha value is -2.70. The highest BCUT2D eigenvalue weighted by Gasteiger charge is 2.22. The van der Waals surface area contributed by atoms with Crippen molar-refractivity contribution in [2.45, 2.75) is 40.2 Å². The Morgan fingerprint density at radius 2 is 1.96 bits per heavy atom. The normalized spacial score (nSPS) is 10.6. The van der Waals surface area contributed by atoms with Crippen LogP contribution in [0.3, 0.4) is 0 Å². The molecule has 0 spiro atoms. The molecule has 2 aromatic rings. The number of rotatable bonds is 6. The number of aryl methyl sites for hydroxylation is 2. The van der Waals surface area contributed by atoms with Crippen LogP contribution in [-0.4, -0.2) is 20.6 Å². The van der Waals surface area contributed by atoms with E-state index in [-0.39, 0.29) is 18.1 Å². The lowest BCUT2D eigenvalue weighted by molar-refractivity contribution is -0.386. The van der Waals surface area contributed by atoms with Gasteiger partial charge < -0.3 is 5.32 Å². The predicted molar refractivity (Wildman–Crippen MR) is 87.4 cm³/mol. The number of nitrogens with one attached hydrogen (secondary N) is 1. The van der Waals surface area contributed by atoms with Crippen LogP contribution in [0.5, 0.6) is 0 Å². The molecule has 1 amide bonds. The van der Waals surface area contributed by atoms with E-state index in [4.69, 9.17) is 0 Å². The number of carbonyl (C=O) groups is 1. The largest absolute Gasteiger partial charge is 0.324 e. The van der Waals surface area contributed by atoms with Crippen molar-refractivity contribution in [3.05, 3.63) is 51.3 Å². The molecule has 0 aliphatic carbocycles. The molecule has 23 heavy (non-hydrogen) atoms. The number of amides is 1. The minimum Gasteiger partial charge on any atom is -0.324 e. The van der Waals surface area contributed by atoms with Crippen molar-refractivity contribution >= 4 is 17.3 Å². The average molecular weight is 316 g/mol. The maximum Gasteiger partial charge on any atom is 0.312 e. The molecule has 0 unspecified atom stereocenters. The summed E-state index contributed by atoms with van der Waals surface area (Å²) in [6.45, 7) is 5.21. The molecule has 122 valence electrons. The Morgan fingerprint density at radius 3 is 2.48 bits per heavy atom. The zero-order valence-electron chi connectivity index (χ0n) is 13.5. The third-order valence-electron chi connectivity index (χ3n) is 3.60. The van der Waals surface area contributed by atoms with Crippen molar-refractivity contribution in [3.8, 4) is 0 Å². The monoisotopic (exact) mass is 316 g/mol. The molecule has 0 atom stereocenters. The second-order valence-electron chi connectivity index (χ2n) is 5.43. The molecule has 0 bridgehead atoms. The van der Waals surface area contributed by atoms with Gasteiger partial charge >= 0.3 is 5.69 Å². The second kappa shape index (κ2) is 7.04. The summed E-state index contributed by atoms with van der Waals surface area (Å²) in [5.41, 5.74) is 2.57. The fraction of sp³-hybridized carbons (Fsp3) is 0.375. The maximum atomic E-state index is 12.1. The standard InChI is InChI=1S/C16H20N4O3/c1-4-5-13-6-8-14(9-7-13)17-15(21)10-19-12(3)16(20(22)23)11(2)18-19/h6-9H,4-5,10H2,1-3H3,(H,17,21). The van der Waals surface area contributed by atoms with Gasteiger partial charge in [0.1, 0.15) is 17.9 Å². The summed E-state index contributed by atoms with van der Waals surface area (Å²) in [5.74, 6) is -0.270. The van der Waals surface area contributed by atoms with Crippen LogP contribution in [0.4, 0.5) is 11.4 Å². The molecule has 0 radical (unpaired) electrons. The molecule has 1 heterocycles. The van der Waals surface area contributed by atoms with Gasteiger partial charge in [-0.25, -0.2) is 0 Å². The van der Waals surface area contributed by atoms with Crippen molar-refractivity contribution in [2.24, 2.45) is 0 Å². The third-order valence-corrected chi connectivity index (χ3v) is 3.60. The summed E-state index contributed by atoms with van der Waals surface area (Å²) in [6, 6.07) is 7.67. The molecular weight excluding hydrogens is 296 g/mol. The first-order chi connectivity index (χ1) is 10.9. The minimum absolute atomic E-state index is 0.0401. The Morgan fingerprint density at radius 1 is 1.30 bits per heavy atom. The number of nitro groups is 1. The highest BCUT2D eigenvalue weighted by molar-refractivity contribution is 5.90. The van der Waals surface area contributed by atoms with Crippen LogP contribution in [0, 0.1) is 24.0 Å². The first kappa shape index (κ1) is 16.7. The van der Waals surface area contributed by atoms with E-state index < -0.39 is 4.92 Å². The molecule has 0 aliphatic heterocycles. The highest BCUT2D eigenvalue weighted by atomic mass is 16.6. The van der Waals surface area contributed by atoms with Gasteiger partial charge in [-0.3, -0.25) is 19.6 Å². The number of hydrogen-bond acceptors (Lipinski definition) is 4. The summed E-state index contributed by atoms with van der Waals surface area (Å²) >= 11 is 0. The molecule has 0 aliphatic rings. The number of anilines is 1. The molecule has 7 heteroatoms. The van der Waals surface area contributed by atoms with Crippen LogP contribution < -0.4 is 5.32 Å². The second-order valence-corrected chi connectivity index (χ2v) is 5.43. The maximum absolute atomic E-state index is 12.1. The third kappa shape index (κ3) is 3.94. The fourth-order valence-electron chi connectivity index (χ4n) is 2.49. The topological polar surface area (TPSA) is 90.1 Å². The first-order valence-corrected chi connectivity index (χ1v) is 7.49. The average Bonchev–Trinajstić information content (AvgIpc) is 2.75. The molecule has 2 rings (SSSR count). The van der Waals surface area contributed by atoms with Crippen LogP contribution in [0.1, 0.15) is 30.3 Å². The number of nitrogens with zero attached hydrogens (tertiary/aromatic N) is 3. The molecule has 1 aromatic carbocycles. The summed E-state index contributed by atoms with van der Waals surface area (Å²) in [6.07, 6.45) is 2.08. The van der Waals surface area contributed by atoms with Crippen molar-refractivity contribution in [1.82, 2.24) is 9.78 Å². The lowest BCUT2D eigenvalue weighted by atomic mass is 10.1. The van der Waals surface area contributed by atoms with E-state index >= 15 is 0 Å². The molecule has 7 nitrogen and oxygen atoms in total. The molecule has 1 aromatic heterocycles. The fourth-order valence-corrected chi connectivity index (χ4v) is 2.49. The van der Waals surface area contributed by atoms with Gasteiger partial charge in [-0.15, -0.1) is 0 Å². The summed E-state index contributed by atoms with van der Waals surface area (Å²) in [7, 11) is 0. The lowest BCUT2D eigenvalue weighted by Crippen LogP contribution is -2.20. The van der Waals surface area contributed by atoms with Gasteiger partial charge in [0.25, 0.3) is 0 Å². The molecule has 1 N–H and O–H groups in total. The van der Waals surface area contributed by atoms with Crippen molar-refractivity contribution in [3.63, 3.8) is 0 Å². The SMILES string of the molecule is CCCc1ccc(NC(=O)Cn2nc(C)c([N+](=O)[O-])c2C)cc1. The van der Waals surface area contributed by atoms with E-state index in [1.165, 1.54) is 10.2 Å². The summed E-state index contributed by atoms with van der Waals surface area (Å²) in [5, 5.41) is 17.8. The Bertz CT molecular complexity index is 720. The van der Waals surface area contributed by atoms with Crippen LogP contribution in [-0.2, 0) is 17.8 Å². The van der Waals surface area contributed by atoms with E-state index in [9.17, 15) is 14.9 Å². The van der Waals surface area contributed by atoms with E-state index in [2.05, 4.69) is 17.3 Å². The van der Waals surface area contributed by atoms with Gasteiger partial charge in [0.2, 0.25) is 5.91 Å². The smallest absolute Gasteiger partial charge is 0.312 e. The van der Waals surface area contributed by atoms with Gasteiger partial charge in [0.15, 0.2) is 0 Å². The first-order valence-electron chi connectivity index (χ1n) is 7.49. The minimum atomic E-state index is -0.474. The van der Waals surface area contributed by atoms with Crippen LogP contribution >= 0.6 is 0 Å². The molecule has 0 saturated heterocycles. The Balaban J connectivity index is 2.05. The lowest BCUT2D eigenvalue weighted by Gasteiger charge is -2.07. The van der Waals surface area contributed by atoms with E-state index in [1.807, 2.05) is 24.3 Å². The summed E-state index contributed by atoms with van der Waals surface area (Å²) in [4.78, 5) is 22.6. The molecule has 0 saturated carbocycles. The number of carbonyl (C=O) groups excluding carboxylic acids is 1. The van der Waals surface area contributed by atoms with Crippen molar-refractivity contribution < 1.29 is 9.72 Å². The molecule has 0 fully saturated rings. The van der Waals surface area contributed by atoms with E-state index in [0.717, 1.165) is 12.8 Å². The van der Waals surface area contributed by atoms with E-state index in [1.54, 1.807) is 13.8 Å². The quantitative estimate of drug-likeness (QED) is 0.655. The number of aromatic nitrogens is 2. The van der Waals surface area contributed by atoms with Gasteiger partial charge in [-0.05, 0) is 38.0 Å². The predicted octanol–water partition coefficient (Wildman–Crippen LogP) is 3.00. The Labute approximate surface area is 134 Å². The highest BCUT2D eigenvalue weighted by Crippen LogP contribution is 2.21. The van der Waals surface area contributed by atoms with Crippen molar-refractivity contribution in [1.29, 1.82) is 0 Å². The van der Waals surface area contributed by atoms with Crippen LogP contribution in [0.15, 0.2) is 24.3 Å². The van der Waals surface area contributed by atoms with Gasteiger partial charge in [-0.2, -0.15) is 5.10 Å². The summed E-state index contributed by atoms with van der Waals surface area (Å²) < 4.78 is 1.36. The zero-order valence-corrected chi connectivity index (χ0v) is 13.5. The van der Waals surface area contributed by atoms with Crippen LogP contribution in [0.25, 0.3) is 0 Å². The van der Waals surface area contributed by atoms with E-state index in [0.29, 0.717) is 17.1 Å². The number of hydrogen-bond donors (Lipinski definition) is 1. The number of benzene rings is 1. The van der Waals surface area contributed by atoms with Gasteiger partial charge in [-0.1, -0.05) is 25.5 Å². The Kier molecular flexibility index (Phi) is 5.10.